The fraction of sp³-hybridized carbons (Fsp3) is 0.500. The highest BCUT2D eigenvalue weighted by molar-refractivity contribution is 14.0. The van der Waals surface area contributed by atoms with Crippen molar-refractivity contribution < 1.29 is 5.11 Å². The number of aliphatic hydroxyl groups excluding tert-OH is 1. The monoisotopic (exact) mass is 375 g/mol. The molecule has 1 saturated carbocycles. The molecule has 1 aromatic rings. The Balaban J connectivity index is 0.00000180. The number of hydrogen-bond donors (Lipinski definition) is 3. The molecule has 0 bridgehead atoms. The van der Waals surface area contributed by atoms with Gasteiger partial charge in [0.2, 0.25) is 0 Å². The molecule has 0 aliphatic heterocycles. The number of aliphatic imine (C=N–C) groups is 1. The molecule has 0 aromatic heterocycles. The van der Waals surface area contributed by atoms with Crippen LogP contribution in [0.3, 0.4) is 0 Å². The van der Waals surface area contributed by atoms with Crippen molar-refractivity contribution >= 4 is 29.9 Å². The first kappa shape index (κ1) is 16.2. The zero-order valence-corrected chi connectivity index (χ0v) is 13.6. The summed E-state index contributed by atoms with van der Waals surface area (Å²) in [4.78, 5) is 4.56. The van der Waals surface area contributed by atoms with Crippen molar-refractivity contribution in [1.29, 1.82) is 0 Å². The van der Waals surface area contributed by atoms with Crippen LogP contribution in [0.15, 0.2) is 29.3 Å². The molecule has 1 aliphatic carbocycles. The minimum atomic E-state index is 0. The fourth-order valence-corrected chi connectivity index (χ4v) is 1.77. The Morgan fingerprint density at radius 2 is 2.00 bits per heavy atom. The zero-order valence-electron chi connectivity index (χ0n) is 11.2. The Morgan fingerprint density at radius 1 is 1.32 bits per heavy atom. The van der Waals surface area contributed by atoms with E-state index in [9.17, 15) is 5.11 Å². The third-order valence-electron chi connectivity index (χ3n) is 2.96. The molecule has 0 unspecified atom stereocenters. The minimum absolute atomic E-state index is 0. The Labute approximate surface area is 131 Å². The van der Waals surface area contributed by atoms with E-state index < -0.39 is 0 Å². The molecule has 0 saturated heterocycles. The van der Waals surface area contributed by atoms with Gasteiger partial charge in [-0.1, -0.05) is 24.3 Å². The van der Waals surface area contributed by atoms with E-state index in [1.807, 2.05) is 24.3 Å². The number of benzene rings is 1. The SMILES string of the molecule is CCNC(=NCc1ccccc1CO)NC1CC1.I. The smallest absolute Gasteiger partial charge is 0.191 e. The maximum absolute atomic E-state index is 9.26. The van der Waals surface area contributed by atoms with E-state index in [1.54, 1.807) is 0 Å². The summed E-state index contributed by atoms with van der Waals surface area (Å²) in [5.41, 5.74) is 2.02. The van der Waals surface area contributed by atoms with Gasteiger partial charge in [0.05, 0.1) is 13.2 Å². The molecular formula is C14H22IN3O. The van der Waals surface area contributed by atoms with Crippen molar-refractivity contribution in [3.63, 3.8) is 0 Å². The second-order valence-electron chi connectivity index (χ2n) is 4.54. The molecule has 1 aromatic carbocycles. The summed E-state index contributed by atoms with van der Waals surface area (Å²) in [7, 11) is 0. The number of nitrogens with one attached hydrogen (secondary N) is 2. The molecule has 0 spiro atoms. The maximum atomic E-state index is 9.26. The molecule has 5 heteroatoms. The fourth-order valence-electron chi connectivity index (χ4n) is 1.77. The van der Waals surface area contributed by atoms with Crippen LogP contribution in [0.25, 0.3) is 0 Å². The highest BCUT2D eigenvalue weighted by Crippen LogP contribution is 2.18. The van der Waals surface area contributed by atoms with Crippen molar-refractivity contribution in [2.45, 2.75) is 39.0 Å². The predicted octanol–water partition coefficient (Wildman–Crippen LogP) is 2.01. The zero-order chi connectivity index (χ0) is 12.8. The second kappa shape index (κ2) is 8.37. The molecule has 1 aliphatic rings. The summed E-state index contributed by atoms with van der Waals surface area (Å²) in [6.45, 7) is 3.59. The second-order valence-corrected chi connectivity index (χ2v) is 4.54. The van der Waals surface area contributed by atoms with E-state index in [2.05, 4.69) is 22.5 Å². The normalized spacial score (nSPS) is 14.7. The molecule has 0 atom stereocenters. The third kappa shape index (κ3) is 5.36. The van der Waals surface area contributed by atoms with Crippen molar-refractivity contribution in [3.8, 4) is 0 Å². The lowest BCUT2D eigenvalue weighted by Crippen LogP contribution is -2.38. The summed E-state index contributed by atoms with van der Waals surface area (Å²) in [6.07, 6.45) is 2.47. The third-order valence-corrected chi connectivity index (χ3v) is 2.96. The standard InChI is InChI=1S/C14H21N3O.HI/c1-2-15-14(17-13-7-8-13)16-9-11-5-3-4-6-12(11)10-18;/h3-6,13,18H,2,7-10H2,1H3,(H2,15,16,17);1H. The lowest BCUT2D eigenvalue weighted by Gasteiger charge is -2.11. The van der Waals surface area contributed by atoms with Gasteiger partial charge in [0.25, 0.3) is 0 Å². The molecule has 106 valence electrons. The van der Waals surface area contributed by atoms with Crippen LogP contribution < -0.4 is 10.6 Å². The van der Waals surface area contributed by atoms with Crippen LogP contribution >= 0.6 is 24.0 Å². The molecule has 1 fully saturated rings. The van der Waals surface area contributed by atoms with Gasteiger partial charge >= 0.3 is 0 Å². The number of guanidine groups is 1. The van der Waals surface area contributed by atoms with E-state index in [4.69, 9.17) is 0 Å². The van der Waals surface area contributed by atoms with Crippen LogP contribution in [0.4, 0.5) is 0 Å². The minimum Gasteiger partial charge on any atom is -0.392 e. The van der Waals surface area contributed by atoms with Crippen molar-refractivity contribution in [1.82, 2.24) is 10.6 Å². The first-order chi connectivity index (χ1) is 8.83. The first-order valence-corrected chi connectivity index (χ1v) is 6.56. The van der Waals surface area contributed by atoms with Gasteiger partial charge < -0.3 is 15.7 Å². The predicted molar refractivity (Wildman–Crippen MR) is 88.8 cm³/mol. The molecular weight excluding hydrogens is 353 g/mol. The van der Waals surface area contributed by atoms with Crippen LogP contribution in [0.5, 0.6) is 0 Å². The Hall–Kier alpha value is -0.820. The van der Waals surface area contributed by atoms with E-state index in [0.29, 0.717) is 12.6 Å². The van der Waals surface area contributed by atoms with Crippen LogP contribution in [-0.4, -0.2) is 23.7 Å². The number of hydrogen-bond acceptors (Lipinski definition) is 2. The van der Waals surface area contributed by atoms with Gasteiger partial charge in [0, 0.05) is 12.6 Å². The highest BCUT2D eigenvalue weighted by atomic mass is 127. The molecule has 0 amide bonds. The number of nitrogens with zero attached hydrogens (tertiary/aromatic N) is 1. The van der Waals surface area contributed by atoms with Crippen molar-refractivity contribution in [2.24, 2.45) is 4.99 Å². The average molecular weight is 375 g/mol. The Morgan fingerprint density at radius 3 is 2.58 bits per heavy atom. The van der Waals surface area contributed by atoms with Crippen LogP contribution in [0.1, 0.15) is 30.9 Å². The summed E-state index contributed by atoms with van der Waals surface area (Å²) < 4.78 is 0. The molecule has 2 rings (SSSR count). The average Bonchev–Trinajstić information content (AvgIpc) is 3.20. The largest absolute Gasteiger partial charge is 0.392 e. The Kier molecular flexibility index (Phi) is 7.15. The van der Waals surface area contributed by atoms with Crippen molar-refractivity contribution in [2.75, 3.05) is 6.54 Å². The van der Waals surface area contributed by atoms with Crippen molar-refractivity contribution in [3.05, 3.63) is 35.4 Å². The maximum Gasteiger partial charge on any atom is 0.191 e. The number of rotatable bonds is 5. The van der Waals surface area contributed by atoms with Gasteiger partial charge in [-0.2, -0.15) is 0 Å². The Bertz CT molecular complexity index is 419. The number of halogens is 1. The summed E-state index contributed by atoms with van der Waals surface area (Å²) in [5.74, 6) is 0.868. The van der Waals surface area contributed by atoms with Gasteiger partial charge in [0.15, 0.2) is 5.96 Å². The van der Waals surface area contributed by atoms with Gasteiger partial charge in [-0.25, -0.2) is 4.99 Å². The van der Waals surface area contributed by atoms with E-state index in [-0.39, 0.29) is 30.6 Å². The van der Waals surface area contributed by atoms with Gasteiger partial charge in [-0.3, -0.25) is 0 Å². The van der Waals surface area contributed by atoms with Gasteiger partial charge in [-0.15, -0.1) is 24.0 Å². The van der Waals surface area contributed by atoms with E-state index in [1.165, 1.54) is 12.8 Å². The quantitative estimate of drug-likeness (QED) is 0.419. The van der Waals surface area contributed by atoms with Gasteiger partial charge in [0.1, 0.15) is 0 Å². The first-order valence-electron chi connectivity index (χ1n) is 6.56. The summed E-state index contributed by atoms with van der Waals surface area (Å²) in [6, 6.07) is 8.45. The lowest BCUT2D eigenvalue weighted by molar-refractivity contribution is 0.280. The van der Waals surface area contributed by atoms with Crippen LogP contribution in [0, 0.1) is 0 Å². The topological polar surface area (TPSA) is 56.7 Å². The van der Waals surface area contributed by atoms with E-state index >= 15 is 0 Å². The molecule has 0 heterocycles. The van der Waals surface area contributed by atoms with E-state index in [0.717, 1.165) is 23.6 Å². The number of aliphatic hydroxyl groups is 1. The highest BCUT2D eigenvalue weighted by Gasteiger charge is 2.22. The summed E-state index contributed by atoms with van der Waals surface area (Å²) >= 11 is 0. The molecule has 0 radical (unpaired) electrons. The van der Waals surface area contributed by atoms with Crippen LogP contribution in [-0.2, 0) is 13.2 Å². The summed E-state index contributed by atoms with van der Waals surface area (Å²) in [5, 5.41) is 15.9. The molecule has 19 heavy (non-hydrogen) atoms. The van der Waals surface area contributed by atoms with Gasteiger partial charge in [-0.05, 0) is 30.9 Å². The molecule has 4 nitrogen and oxygen atoms in total. The molecule has 3 N–H and O–H groups in total. The lowest BCUT2D eigenvalue weighted by atomic mass is 10.1. The van der Waals surface area contributed by atoms with Crippen LogP contribution in [0.2, 0.25) is 0 Å².